The van der Waals surface area contributed by atoms with Crippen molar-refractivity contribution in [1.82, 2.24) is 5.06 Å². The van der Waals surface area contributed by atoms with Gasteiger partial charge in [0.25, 0.3) is 0 Å². The van der Waals surface area contributed by atoms with Crippen molar-refractivity contribution in [1.29, 1.82) is 0 Å². The maximum atomic E-state index is 11.4. The van der Waals surface area contributed by atoms with E-state index in [0.29, 0.717) is 6.54 Å². The van der Waals surface area contributed by atoms with Crippen molar-refractivity contribution in [2.45, 2.75) is 51.7 Å². The minimum atomic E-state index is -1.76. The molecule has 0 N–H and O–H groups in total. The molecule has 0 aliphatic carbocycles. The molecule has 0 amide bonds. The van der Waals surface area contributed by atoms with E-state index in [1.807, 2.05) is 29.3 Å². The number of carbonyl (C=O) groups is 1. The lowest BCUT2D eigenvalue weighted by Gasteiger charge is -2.37. The van der Waals surface area contributed by atoms with Gasteiger partial charge in [0, 0.05) is 12.6 Å². The van der Waals surface area contributed by atoms with Gasteiger partial charge in [0.05, 0.1) is 6.04 Å². The van der Waals surface area contributed by atoms with Crippen LogP contribution >= 0.6 is 0 Å². The van der Waals surface area contributed by atoms with Gasteiger partial charge in [0.15, 0.2) is 0 Å². The molecule has 1 aliphatic rings. The Balaban J connectivity index is 2.18. The molecule has 4 nitrogen and oxygen atoms in total. The van der Waals surface area contributed by atoms with Crippen LogP contribution in [0, 0.1) is 0 Å². The van der Waals surface area contributed by atoms with Crippen LogP contribution in [0.3, 0.4) is 0 Å². The zero-order chi connectivity index (χ0) is 16.2. The summed E-state index contributed by atoms with van der Waals surface area (Å²) >= 11 is 0. The van der Waals surface area contributed by atoms with Crippen LogP contribution < -0.4 is 0 Å². The second-order valence-electron chi connectivity index (χ2n) is 6.50. The van der Waals surface area contributed by atoms with E-state index in [0.717, 1.165) is 6.42 Å². The quantitative estimate of drug-likeness (QED) is 0.438. The number of hydroxylamine groups is 2. The van der Waals surface area contributed by atoms with Gasteiger partial charge in [-0.25, -0.2) is 4.79 Å². The standard InChI is InChI=1S/C17H25NO3Si/c1-5-15(16-11-12-17(19)20-16)18(21-22(2,3)4)13-14-9-7-6-8-10-14/h6-12,15-16H,5,13H2,1-4H3. The summed E-state index contributed by atoms with van der Waals surface area (Å²) in [4.78, 5) is 11.4. The number of nitrogens with zero attached hydrogens (tertiary/aromatic N) is 1. The molecule has 2 atom stereocenters. The predicted molar refractivity (Wildman–Crippen MR) is 89.5 cm³/mol. The maximum Gasteiger partial charge on any atom is 0.331 e. The number of esters is 1. The van der Waals surface area contributed by atoms with Crippen LogP contribution in [0.15, 0.2) is 42.5 Å². The van der Waals surface area contributed by atoms with Crippen molar-refractivity contribution in [2.75, 3.05) is 0 Å². The van der Waals surface area contributed by atoms with Crippen LogP contribution in [0.1, 0.15) is 18.9 Å². The number of cyclic esters (lactones) is 1. The predicted octanol–water partition coefficient (Wildman–Crippen LogP) is 3.52. The molecular weight excluding hydrogens is 294 g/mol. The van der Waals surface area contributed by atoms with Gasteiger partial charge in [-0.3, -0.25) is 0 Å². The Morgan fingerprint density at radius 2 is 1.95 bits per heavy atom. The molecule has 120 valence electrons. The molecule has 1 aliphatic heterocycles. The first-order valence-electron chi connectivity index (χ1n) is 7.77. The van der Waals surface area contributed by atoms with Crippen LogP contribution in [-0.2, 0) is 20.6 Å². The number of hydrogen-bond acceptors (Lipinski definition) is 4. The molecule has 1 heterocycles. The second-order valence-corrected chi connectivity index (χ2v) is 10.9. The lowest BCUT2D eigenvalue weighted by atomic mass is 10.1. The average Bonchev–Trinajstić information content (AvgIpc) is 2.85. The van der Waals surface area contributed by atoms with E-state index in [9.17, 15) is 4.79 Å². The Bertz CT molecular complexity index is 524. The summed E-state index contributed by atoms with van der Waals surface area (Å²) in [5.74, 6) is -0.267. The van der Waals surface area contributed by atoms with E-state index in [-0.39, 0.29) is 18.1 Å². The number of hydrogen-bond donors (Lipinski definition) is 0. The monoisotopic (exact) mass is 319 g/mol. The number of rotatable bonds is 7. The maximum absolute atomic E-state index is 11.4. The number of ether oxygens (including phenoxy) is 1. The van der Waals surface area contributed by atoms with Gasteiger partial charge in [-0.15, -0.1) is 0 Å². The first-order chi connectivity index (χ1) is 10.4. The fraction of sp³-hybridized carbons (Fsp3) is 0.471. The van der Waals surface area contributed by atoms with E-state index in [1.165, 1.54) is 11.6 Å². The van der Waals surface area contributed by atoms with Crippen molar-refractivity contribution in [2.24, 2.45) is 0 Å². The van der Waals surface area contributed by atoms with E-state index in [4.69, 9.17) is 9.26 Å². The third-order valence-electron chi connectivity index (χ3n) is 3.41. The molecule has 2 rings (SSSR count). The van der Waals surface area contributed by atoms with Gasteiger partial charge in [-0.1, -0.05) is 37.3 Å². The van der Waals surface area contributed by atoms with Gasteiger partial charge >= 0.3 is 5.97 Å². The molecule has 1 aromatic rings. The molecule has 0 radical (unpaired) electrons. The van der Waals surface area contributed by atoms with Crippen molar-refractivity contribution in [3.05, 3.63) is 48.0 Å². The Morgan fingerprint density at radius 3 is 2.45 bits per heavy atom. The first kappa shape index (κ1) is 16.9. The average molecular weight is 319 g/mol. The summed E-state index contributed by atoms with van der Waals surface area (Å²) in [5, 5.41) is 2.01. The largest absolute Gasteiger partial charge is 0.453 e. The third-order valence-corrected chi connectivity index (χ3v) is 4.20. The highest BCUT2D eigenvalue weighted by Crippen LogP contribution is 2.23. The van der Waals surface area contributed by atoms with Crippen molar-refractivity contribution < 1.29 is 14.1 Å². The first-order valence-corrected chi connectivity index (χ1v) is 11.2. The summed E-state index contributed by atoms with van der Waals surface area (Å²) in [6, 6.07) is 10.3. The zero-order valence-corrected chi connectivity index (χ0v) is 14.8. The lowest BCUT2D eigenvalue weighted by molar-refractivity contribution is -0.159. The van der Waals surface area contributed by atoms with Crippen molar-refractivity contribution >= 4 is 14.3 Å². The Hall–Kier alpha value is -1.43. The molecule has 0 saturated carbocycles. The Kier molecular flexibility index (Phi) is 5.56. The Labute approximate surface area is 133 Å². The topological polar surface area (TPSA) is 38.8 Å². The zero-order valence-electron chi connectivity index (χ0n) is 13.8. The minimum absolute atomic E-state index is 0.0228. The number of carbonyl (C=O) groups excluding carboxylic acids is 1. The van der Waals surface area contributed by atoms with Gasteiger partial charge in [-0.2, -0.15) is 5.06 Å². The normalized spacial score (nSPS) is 19.5. The summed E-state index contributed by atoms with van der Waals surface area (Å²) in [7, 11) is -1.76. The molecule has 0 spiro atoms. The molecule has 1 aromatic carbocycles. The van der Waals surface area contributed by atoms with E-state index in [2.05, 4.69) is 38.7 Å². The highest BCUT2D eigenvalue weighted by Gasteiger charge is 2.33. The minimum Gasteiger partial charge on any atom is -0.453 e. The summed E-state index contributed by atoms with van der Waals surface area (Å²) in [5.41, 5.74) is 1.19. The summed E-state index contributed by atoms with van der Waals surface area (Å²) < 4.78 is 11.7. The van der Waals surface area contributed by atoms with Crippen LogP contribution in [0.25, 0.3) is 0 Å². The van der Waals surface area contributed by atoms with Gasteiger partial charge < -0.3 is 9.26 Å². The van der Waals surface area contributed by atoms with E-state index in [1.54, 1.807) is 0 Å². The molecule has 0 bridgehead atoms. The lowest BCUT2D eigenvalue weighted by Crippen LogP contribution is -2.47. The number of benzene rings is 1. The SMILES string of the molecule is CCC(C1C=CC(=O)O1)N(Cc1ccccc1)O[Si](C)(C)C. The highest BCUT2D eigenvalue weighted by molar-refractivity contribution is 6.69. The molecule has 0 saturated heterocycles. The third kappa shape index (κ3) is 4.80. The molecule has 0 fully saturated rings. The second kappa shape index (κ2) is 7.22. The van der Waals surface area contributed by atoms with Crippen LogP contribution in [0.4, 0.5) is 0 Å². The highest BCUT2D eigenvalue weighted by atomic mass is 28.4. The van der Waals surface area contributed by atoms with Crippen LogP contribution in [0.5, 0.6) is 0 Å². The smallest absolute Gasteiger partial charge is 0.331 e. The van der Waals surface area contributed by atoms with E-state index >= 15 is 0 Å². The van der Waals surface area contributed by atoms with Crippen LogP contribution in [0.2, 0.25) is 19.6 Å². The van der Waals surface area contributed by atoms with Gasteiger partial charge in [0.1, 0.15) is 6.10 Å². The molecule has 2 unspecified atom stereocenters. The summed E-state index contributed by atoms with van der Waals surface area (Å²) in [6.07, 6.45) is 3.95. The fourth-order valence-electron chi connectivity index (χ4n) is 2.53. The Morgan fingerprint density at radius 1 is 1.27 bits per heavy atom. The molecule has 22 heavy (non-hydrogen) atoms. The fourth-order valence-corrected chi connectivity index (χ4v) is 3.43. The molecular formula is C17H25NO3Si. The molecule has 5 heteroatoms. The summed E-state index contributed by atoms with van der Waals surface area (Å²) in [6.45, 7) is 9.26. The van der Waals surface area contributed by atoms with Gasteiger partial charge in [0.2, 0.25) is 8.32 Å². The van der Waals surface area contributed by atoms with Crippen molar-refractivity contribution in [3.8, 4) is 0 Å². The van der Waals surface area contributed by atoms with Gasteiger partial charge in [-0.05, 0) is 37.7 Å². The molecule has 0 aromatic heterocycles. The van der Waals surface area contributed by atoms with Crippen molar-refractivity contribution in [3.63, 3.8) is 0 Å². The van der Waals surface area contributed by atoms with E-state index < -0.39 is 8.32 Å². The van der Waals surface area contributed by atoms with Crippen LogP contribution in [-0.4, -0.2) is 31.5 Å².